The zero-order valence-electron chi connectivity index (χ0n) is 11.9. The van der Waals surface area contributed by atoms with Crippen molar-refractivity contribution in [3.05, 3.63) is 35.9 Å². The second kappa shape index (κ2) is 6.35. The molecule has 0 radical (unpaired) electrons. The quantitative estimate of drug-likeness (QED) is 0.859. The van der Waals surface area contributed by atoms with Crippen LogP contribution in [0.5, 0.6) is 0 Å². The molecule has 0 aromatic heterocycles. The summed E-state index contributed by atoms with van der Waals surface area (Å²) in [5, 5.41) is 3.51. The molecule has 1 saturated heterocycles. The fourth-order valence-corrected chi connectivity index (χ4v) is 2.84. The molecule has 0 spiro atoms. The lowest BCUT2D eigenvalue weighted by Crippen LogP contribution is -2.34. The lowest BCUT2D eigenvalue weighted by Gasteiger charge is -2.28. The molecule has 0 saturated carbocycles. The largest absolute Gasteiger partial charge is 0.315 e. The van der Waals surface area contributed by atoms with Gasteiger partial charge in [0.05, 0.1) is 0 Å². The van der Waals surface area contributed by atoms with Crippen molar-refractivity contribution in [1.29, 1.82) is 0 Å². The van der Waals surface area contributed by atoms with E-state index < -0.39 is 0 Å². The minimum atomic E-state index is 0.526. The molecular formula is C16H26N2. The molecular weight excluding hydrogens is 220 g/mol. The van der Waals surface area contributed by atoms with Crippen LogP contribution >= 0.6 is 0 Å². The second-order valence-electron chi connectivity index (χ2n) is 5.64. The average molecular weight is 246 g/mol. The van der Waals surface area contributed by atoms with E-state index >= 15 is 0 Å². The van der Waals surface area contributed by atoms with E-state index in [1.165, 1.54) is 18.7 Å². The van der Waals surface area contributed by atoms with E-state index in [0.29, 0.717) is 6.04 Å². The van der Waals surface area contributed by atoms with Crippen LogP contribution in [-0.4, -0.2) is 31.1 Å². The molecule has 1 heterocycles. The topological polar surface area (TPSA) is 15.3 Å². The molecule has 18 heavy (non-hydrogen) atoms. The van der Waals surface area contributed by atoms with Gasteiger partial charge in [-0.1, -0.05) is 51.1 Å². The maximum absolute atomic E-state index is 3.51. The second-order valence-corrected chi connectivity index (χ2v) is 5.64. The SMILES string of the molecule is CCNCC(c1ccccc1)N1CC(C)C(C)C1. The molecule has 1 aliphatic rings. The standard InChI is InChI=1S/C16H26N2/c1-4-17-10-16(15-8-6-5-7-9-15)18-11-13(2)14(3)12-18/h5-9,13-14,16-17H,4,10-12H2,1-3H3. The zero-order chi connectivity index (χ0) is 13.0. The number of likely N-dealkylation sites (tertiary alicyclic amines) is 1. The van der Waals surface area contributed by atoms with Gasteiger partial charge in [0.25, 0.3) is 0 Å². The summed E-state index contributed by atoms with van der Waals surface area (Å²) in [5.41, 5.74) is 1.44. The number of benzene rings is 1. The first-order valence-electron chi connectivity index (χ1n) is 7.22. The predicted octanol–water partition coefficient (Wildman–Crippen LogP) is 2.93. The van der Waals surface area contributed by atoms with E-state index in [2.05, 4.69) is 61.3 Å². The van der Waals surface area contributed by atoms with Crippen LogP contribution in [0.1, 0.15) is 32.4 Å². The average Bonchev–Trinajstić information content (AvgIpc) is 2.71. The van der Waals surface area contributed by atoms with E-state index in [1.54, 1.807) is 0 Å². The summed E-state index contributed by atoms with van der Waals surface area (Å²) in [4.78, 5) is 2.65. The minimum Gasteiger partial charge on any atom is -0.315 e. The number of nitrogens with one attached hydrogen (secondary N) is 1. The number of hydrogen-bond acceptors (Lipinski definition) is 2. The molecule has 1 aromatic carbocycles. The molecule has 0 aliphatic carbocycles. The van der Waals surface area contributed by atoms with Crippen LogP contribution in [0.4, 0.5) is 0 Å². The summed E-state index contributed by atoms with van der Waals surface area (Å²) in [5.74, 6) is 1.63. The minimum absolute atomic E-state index is 0.526. The molecule has 100 valence electrons. The smallest absolute Gasteiger partial charge is 0.0472 e. The van der Waals surface area contributed by atoms with Gasteiger partial charge in [0.2, 0.25) is 0 Å². The normalized spacial score (nSPS) is 26.4. The van der Waals surface area contributed by atoms with Crippen molar-refractivity contribution < 1.29 is 0 Å². The lowest BCUT2D eigenvalue weighted by atomic mass is 10.0. The third-order valence-electron chi connectivity index (χ3n) is 4.23. The maximum atomic E-state index is 3.51. The van der Waals surface area contributed by atoms with Crippen LogP contribution in [0.3, 0.4) is 0 Å². The Kier molecular flexibility index (Phi) is 4.79. The third-order valence-corrected chi connectivity index (χ3v) is 4.23. The third kappa shape index (κ3) is 3.12. The zero-order valence-corrected chi connectivity index (χ0v) is 11.9. The predicted molar refractivity (Wildman–Crippen MR) is 77.6 cm³/mol. The Balaban J connectivity index is 2.11. The number of likely N-dealkylation sites (N-methyl/N-ethyl adjacent to an activating group) is 1. The van der Waals surface area contributed by atoms with E-state index in [0.717, 1.165) is 24.9 Å². The molecule has 1 N–H and O–H groups in total. The molecule has 2 heteroatoms. The van der Waals surface area contributed by atoms with Gasteiger partial charge in [-0.25, -0.2) is 0 Å². The summed E-state index contributed by atoms with van der Waals surface area (Å²) >= 11 is 0. The Labute approximate surface area is 111 Å². The van der Waals surface area contributed by atoms with Gasteiger partial charge in [0.15, 0.2) is 0 Å². The fraction of sp³-hybridized carbons (Fsp3) is 0.625. The van der Waals surface area contributed by atoms with Gasteiger partial charge in [0, 0.05) is 25.7 Å². The number of rotatable bonds is 5. The van der Waals surface area contributed by atoms with Gasteiger partial charge < -0.3 is 5.32 Å². The molecule has 1 fully saturated rings. The summed E-state index contributed by atoms with van der Waals surface area (Å²) in [7, 11) is 0. The number of hydrogen-bond donors (Lipinski definition) is 1. The molecule has 2 nitrogen and oxygen atoms in total. The Morgan fingerprint density at radius 2 is 1.78 bits per heavy atom. The fourth-order valence-electron chi connectivity index (χ4n) is 2.84. The molecule has 3 unspecified atom stereocenters. The summed E-state index contributed by atoms with van der Waals surface area (Å²) < 4.78 is 0. The molecule has 3 atom stereocenters. The molecule has 1 aromatic rings. The lowest BCUT2D eigenvalue weighted by molar-refractivity contribution is 0.229. The van der Waals surface area contributed by atoms with Crippen molar-refractivity contribution in [3.63, 3.8) is 0 Å². The number of nitrogens with zero attached hydrogens (tertiary/aromatic N) is 1. The van der Waals surface area contributed by atoms with Crippen molar-refractivity contribution in [2.24, 2.45) is 11.8 Å². The molecule has 2 rings (SSSR count). The van der Waals surface area contributed by atoms with Gasteiger partial charge in [-0.05, 0) is 23.9 Å². The van der Waals surface area contributed by atoms with Gasteiger partial charge in [-0.15, -0.1) is 0 Å². The summed E-state index contributed by atoms with van der Waals surface area (Å²) in [6.07, 6.45) is 0. The van der Waals surface area contributed by atoms with Crippen LogP contribution in [-0.2, 0) is 0 Å². The van der Waals surface area contributed by atoms with Crippen LogP contribution in [0.2, 0.25) is 0 Å². The van der Waals surface area contributed by atoms with Crippen LogP contribution < -0.4 is 5.32 Å². The summed E-state index contributed by atoms with van der Waals surface area (Å²) in [6, 6.07) is 11.4. The van der Waals surface area contributed by atoms with Crippen molar-refractivity contribution in [2.75, 3.05) is 26.2 Å². The highest BCUT2D eigenvalue weighted by Gasteiger charge is 2.31. The molecule has 1 aliphatic heterocycles. The summed E-state index contributed by atoms with van der Waals surface area (Å²) in [6.45, 7) is 11.5. The van der Waals surface area contributed by atoms with E-state index in [1.807, 2.05) is 0 Å². The Bertz CT molecular complexity index is 339. The Hall–Kier alpha value is -0.860. The Morgan fingerprint density at radius 3 is 2.33 bits per heavy atom. The van der Waals surface area contributed by atoms with Crippen molar-refractivity contribution >= 4 is 0 Å². The molecule has 0 amide bonds. The van der Waals surface area contributed by atoms with Crippen molar-refractivity contribution in [3.8, 4) is 0 Å². The first-order valence-corrected chi connectivity index (χ1v) is 7.22. The van der Waals surface area contributed by atoms with Gasteiger partial charge in [0.1, 0.15) is 0 Å². The van der Waals surface area contributed by atoms with Crippen molar-refractivity contribution in [1.82, 2.24) is 10.2 Å². The van der Waals surface area contributed by atoms with E-state index in [9.17, 15) is 0 Å². The monoisotopic (exact) mass is 246 g/mol. The highest BCUT2D eigenvalue weighted by atomic mass is 15.2. The van der Waals surface area contributed by atoms with Gasteiger partial charge >= 0.3 is 0 Å². The van der Waals surface area contributed by atoms with Gasteiger partial charge in [-0.2, -0.15) is 0 Å². The first kappa shape index (κ1) is 13.6. The van der Waals surface area contributed by atoms with E-state index in [4.69, 9.17) is 0 Å². The van der Waals surface area contributed by atoms with Crippen LogP contribution in [0.15, 0.2) is 30.3 Å². The van der Waals surface area contributed by atoms with Gasteiger partial charge in [-0.3, -0.25) is 4.90 Å². The van der Waals surface area contributed by atoms with E-state index in [-0.39, 0.29) is 0 Å². The molecule has 0 bridgehead atoms. The maximum Gasteiger partial charge on any atom is 0.0472 e. The van der Waals surface area contributed by atoms with Crippen LogP contribution in [0, 0.1) is 11.8 Å². The first-order chi connectivity index (χ1) is 8.72. The highest BCUT2D eigenvalue weighted by Crippen LogP contribution is 2.30. The van der Waals surface area contributed by atoms with Crippen LogP contribution in [0.25, 0.3) is 0 Å². The highest BCUT2D eigenvalue weighted by molar-refractivity contribution is 5.20. The Morgan fingerprint density at radius 1 is 1.17 bits per heavy atom. The van der Waals surface area contributed by atoms with Crippen molar-refractivity contribution in [2.45, 2.75) is 26.8 Å².